The lowest BCUT2D eigenvalue weighted by Gasteiger charge is -2.10. The van der Waals surface area contributed by atoms with Crippen LogP contribution in [0.2, 0.25) is 0 Å². The molecule has 0 fully saturated rings. The number of hydrogen-bond acceptors (Lipinski definition) is 5. The number of hydrogen-bond donors (Lipinski definition) is 1. The Kier molecular flexibility index (Phi) is 8.97. The van der Waals surface area contributed by atoms with E-state index in [4.69, 9.17) is 9.47 Å². The number of ether oxygens (including phenoxy) is 2. The fourth-order valence-electron chi connectivity index (χ4n) is 2.97. The van der Waals surface area contributed by atoms with Gasteiger partial charge in [-0.3, -0.25) is 4.79 Å². The molecule has 168 valence electrons. The summed E-state index contributed by atoms with van der Waals surface area (Å²) < 4.78 is 11.0. The number of amides is 1. The molecule has 6 heteroatoms. The third kappa shape index (κ3) is 8.10. The molecule has 0 aliphatic rings. The standard InChI is InChI=1S/C27H26N2O4/c1-2-32-25-19-23(20-28-29-26(30)17-14-21-9-5-3-6-10-21)13-16-24(25)33-27(31)18-15-22-11-7-4-8-12-22/h3-13,15-16,18-20H,2,14,17H2,1H3,(H,29,30)/b18-15+,28-20-. The Morgan fingerprint density at radius 2 is 1.64 bits per heavy atom. The minimum atomic E-state index is -0.507. The molecule has 0 heterocycles. The average Bonchev–Trinajstić information content (AvgIpc) is 2.84. The predicted molar refractivity (Wildman–Crippen MR) is 129 cm³/mol. The van der Waals surface area contributed by atoms with Crippen molar-refractivity contribution in [3.05, 3.63) is 102 Å². The Balaban J connectivity index is 1.56. The lowest BCUT2D eigenvalue weighted by atomic mass is 10.1. The first-order valence-electron chi connectivity index (χ1n) is 10.7. The van der Waals surface area contributed by atoms with Gasteiger partial charge in [0.25, 0.3) is 0 Å². The first kappa shape index (κ1) is 23.5. The molecule has 0 spiro atoms. The number of carbonyl (C=O) groups excluding carboxylic acids is 2. The molecule has 0 aliphatic carbocycles. The Bertz CT molecular complexity index is 1110. The van der Waals surface area contributed by atoms with Crippen molar-refractivity contribution >= 4 is 24.2 Å². The number of esters is 1. The molecule has 0 bridgehead atoms. The number of benzene rings is 3. The average molecular weight is 443 g/mol. The molecule has 1 N–H and O–H groups in total. The van der Waals surface area contributed by atoms with Gasteiger partial charge in [0.15, 0.2) is 11.5 Å². The number of aryl methyl sites for hydroxylation is 1. The molecule has 0 aliphatic heterocycles. The maximum atomic E-state index is 12.2. The second-order valence-electron chi connectivity index (χ2n) is 7.08. The summed E-state index contributed by atoms with van der Waals surface area (Å²) in [6.07, 6.45) is 5.56. The van der Waals surface area contributed by atoms with E-state index in [-0.39, 0.29) is 5.91 Å². The first-order chi connectivity index (χ1) is 16.1. The summed E-state index contributed by atoms with van der Waals surface area (Å²) in [5.74, 6) is 0.0460. The molecule has 0 radical (unpaired) electrons. The van der Waals surface area contributed by atoms with Crippen LogP contribution in [0.5, 0.6) is 11.5 Å². The summed E-state index contributed by atoms with van der Waals surface area (Å²) in [5.41, 5.74) is 5.22. The fraction of sp³-hybridized carbons (Fsp3) is 0.148. The third-order valence-electron chi connectivity index (χ3n) is 4.58. The van der Waals surface area contributed by atoms with Crippen LogP contribution < -0.4 is 14.9 Å². The van der Waals surface area contributed by atoms with Crippen LogP contribution in [0, 0.1) is 0 Å². The van der Waals surface area contributed by atoms with Crippen molar-refractivity contribution in [1.29, 1.82) is 0 Å². The number of hydrazone groups is 1. The summed E-state index contributed by atoms with van der Waals surface area (Å²) >= 11 is 0. The predicted octanol–water partition coefficient (Wildman–Crippen LogP) is 4.79. The van der Waals surface area contributed by atoms with Crippen molar-refractivity contribution in [3.8, 4) is 11.5 Å². The zero-order chi connectivity index (χ0) is 23.3. The highest BCUT2D eigenvalue weighted by molar-refractivity contribution is 5.89. The second kappa shape index (κ2) is 12.6. The molecular weight excluding hydrogens is 416 g/mol. The molecular formula is C27H26N2O4. The Hall–Kier alpha value is -4.19. The van der Waals surface area contributed by atoms with E-state index >= 15 is 0 Å². The maximum Gasteiger partial charge on any atom is 0.336 e. The minimum absolute atomic E-state index is 0.170. The molecule has 3 aromatic rings. The van der Waals surface area contributed by atoms with Gasteiger partial charge in [0.05, 0.1) is 12.8 Å². The summed E-state index contributed by atoms with van der Waals surface area (Å²) in [5, 5.41) is 4.01. The van der Waals surface area contributed by atoms with Gasteiger partial charge in [-0.05, 0) is 54.3 Å². The fourth-order valence-corrected chi connectivity index (χ4v) is 2.97. The molecule has 0 atom stereocenters. The minimum Gasteiger partial charge on any atom is -0.490 e. The van der Waals surface area contributed by atoms with Gasteiger partial charge in [0, 0.05) is 12.5 Å². The molecule has 33 heavy (non-hydrogen) atoms. The van der Waals surface area contributed by atoms with E-state index in [1.54, 1.807) is 24.3 Å². The number of nitrogens with one attached hydrogen (secondary N) is 1. The van der Waals surface area contributed by atoms with Crippen molar-refractivity contribution in [2.24, 2.45) is 5.10 Å². The van der Waals surface area contributed by atoms with Gasteiger partial charge >= 0.3 is 5.97 Å². The summed E-state index contributed by atoms with van der Waals surface area (Å²) in [6, 6.07) is 24.3. The van der Waals surface area contributed by atoms with E-state index < -0.39 is 5.97 Å². The lowest BCUT2D eigenvalue weighted by molar-refractivity contribution is -0.129. The number of nitrogens with zero attached hydrogens (tertiary/aromatic N) is 1. The zero-order valence-corrected chi connectivity index (χ0v) is 18.4. The zero-order valence-electron chi connectivity index (χ0n) is 18.4. The van der Waals surface area contributed by atoms with E-state index in [9.17, 15) is 9.59 Å². The van der Waals surface area contributed by atoms with Crippen LogP contribution in [0.15, 0.2) is 90.0 Å². The van der Waals surface area contributed by atoms with E-state index in [2.05, 4.69) is 10.5 Å². The van der Waals surface area contributed by atoms with E-state index in [1.807, 2.05) is 67.6 Å². The van der Waals surface area contributed by atoms with Gasteiger partial charge in [-0.25, -0.2) is 10.2 Å². The van der Waals surface area contributed by atoms with Gasteiger partial charge in [-0.2, -0.15) is 5.10 Å². The van der Waals surface area contributed by atoms with Crippen LogP contribution in [-0.2, 0) is 16.0 Å². The molecule has 0 saturated carbocycles. The first-order valence-corrected chi connectivity index (χ1v) is 10.7. The Labute approximate surface area is 193 Å². The van der Waals surface area contributed by atoms with E-state index in [0.29, 0.717) is 36.5 Å². The highest BCUT2D eigenvalue weighted by Gasteiger charge is 2.09. The topological polar surface area (TPSA) is 77.0 Å². The Morgan fingerprint density at radius 3 is 2.36 bits per heavy atom. The molecule has 0 saturated heterocycles. The second-order valence-corrected chi connectivity index (χ2v) is 7.08. The van der Waals surface area contributed by atoms with Crippen LogP contribution >= 0.6 is 0 Å². The molecule has 0 unspecified atom stereocenters. The van der Waals surface area contributed by atoms with Gasteiger partial charge in [-0.1, -0.05) is 60.7 Å². The van der Waals surface area contributed by atoms with Crippen LogP contribution in [0.1, 0.15) is 30.0 Å². The van der Waals surface area contributed by atoms with Crippen LogP contribution in [0.25, 0.3) is 6.08 Å². The van der Waals surface area contributed by atoms with Crippen molar-refractivity contribution in [2.75, 3.05) is 6.61 Å². The van der Waals surface area contributed by atoms with Gasteiger partial charge in [-0.15, -0.1) is 0 Å². The van der Waals surface area contributed by atoms with Gasteiger partial charge < -0.3 is 9.47 Å². The number of carbonyl (C=O) groups is 2. The normalized spacial score (nSPS) is 10.9. The van der Waals surface area contributed by atoms with Crippen molar-refractivity contribution in [3.63, 3.8) is 0 Å². The number of rotatable bonds is 10. The third-order valence-corrected chi connectivity index (χ3v) is 4.58. The van der Waals surface area contributed by atoms with Crippen molar-refractivity contribution < 1.29 is 19.1 Å². The van der Waals surface area contributed by atoms with Crippen LogP contribution in [0.4, 0.5) is 0 Å². The van der Waals surface area contributed by atoms with Crippen LogP contribution in [-0.4, -0.2) is 24.7 Å². The molecule has 1 amide bonds. The quantitative estimate of drug-likeness (QED) is 0.161. The molecule has 3 aromatic carbocycles. The van der Waals surface area contributed by atoms with Gasteiger partial charge in [0.1, 0.15) is 0 Å². The smallest absolute Gasteiger partial charge is 0.336 e. The summed E-state index contributed by atoms with van der Waals surface area (Å²) in [7, 11) is 0. The van der Waals surface area contributed by atoms with Crippen LogP contribution in [0.3, 0.4) is 0 Å². The highest BCUT2D eigenvalue weighted by Crippen LogP contribution is 2.28. The van der Waals surface area contributed by atoms with E-state index in [0.717, 1.165) is 11.1 Å². The summed E-state index contributed by atoms with van der Waals surface area (Å²) in [6.45, 7) is 2.25. The van der Waals surface area contributed by atoms with Gasteiger partial charge in [0.2, 0.25) is 5.91 Å². The SMILES string of the molecule is CCOc1cc(/C=N\NC(=O)CCc2ccccc2)ccc1OC(=O)/C=C/c1ccccc1. The molecule has 3 rings (SSSR count). The molecule has 0 aromatic heterocycles. The molecule has 6 nitrogen and oxygen atoms in total. The van der Waals surface area contributed by atoms with Crippen molar-refractivity contribution in [1.82, 2.24) is 5.43 Å². The summed E-state index contributed by atoms with van der Waals surface area (Å²) in [4.78, 5) is 24.2. The van der Waals surface area contributed by atoms with Crippen molar-refractivity contribution in [2.45, 2.75) is 19.8 Å². The highest BCUT2D eigenvalue weighted by atomic mass is 16.6. The maximum absolute atomic E-state index is 12.2. The largest absolute Gasteiger partial charge is 0.490 e. The lowest BCUT2D eigenvalue weighted by Crippen LogP contribution is -2.17. The van der Waals surface area contributed by atoms with E-state index in [1.165, 1.54) is 12.3 Å². The monoisotopic (exact) mass is 442 g/mol. The Morgan fingerprint density at radius 1 is 0.909 bits per heavy atom.